The molecule has 0 aliphatic rings. The first kappa shape index (κ1) is 41.7. The van der Waals surface area contributed by atoms with Crippen molar-refractivity contribution in [1.29, 1.82) is 0 Å². The number of aliphatic carboxylic acids is 1. The van der Waals surface area contributed by atoms with E-state index in [0.29, 0.717) is 105 Å². The van der Waals surface area contributed by atoms with Crippen LogP contribution in [0.5, 0.6) is 0 Å². The second kappa shape index (κ2) is 26.0. The molecule has 0 saturated heterocycles. The zero-order valence-electron chi connectivity index (χ0n) is 27.6. The zero-order valence-corrected chi connectivity index (χ0v) is 27.6. The minimum Gasteiger partial charge on any atom is -0.481 e. The predicted molar refractivity (Wildman–Crippen MR) is 162 cm³/mol. The van der Waals surface area contributed by atoms with E-state index in [0.717, 1.165) is 0 Å². The molecule has 0 bridgehead atoms. The standard InChI is InChI=1S/C29H57N3O12/c1-28(2,3)43-26(35)30-8-14-38-20-23-41-17-11-32(10-16-40-22-19-37-13-7-25(33)34)12-18-42-24-21-39-15-9-31-27(36)44-29(4,5)6/h7-24H2,1-6H3,(H,30,35)(H,31,36)(H,33,34). The van der Waals surface area contributed by atoms with Crippen LogP contribution in [0.1, 0.15) is 48.0 Å². The maximum atomic E-state index is 11.6. The number of hydrogen-bond donors (Lipinski definition) is 3. The van der Waals surface area contributed by atoms with Crippen LogP contribution in [0.2, 0.25) is 0 Å². The molecule has 2 amide bonds. The molecule has 0 aromatic heterocycles. The third-order valence-corrected chi connectivity index (χ3v) is 5.06. The fourth-order valence-corrected chi connectivity index (χ4v) is 3.12. The number of carbonyl (C=O) groups is 3. The van der Waals surface area contributed by atoms with Crippen LogP contribution in [0.4, 0.5) is 9.59 Å². The SMILES string of the molecule is CC(C)(C)OC(=O)NCCOCCOCCN(CCOCCOCCNC(=O)OC(C)(C)C)CCOCCOCCC(=O)O. The first-order valence-corrected chi connectivity index (χ1v) is 15.1. The van der Waals surface area contributed by atoms with Gasteiger partial charge in [-0.2, -0.15) is 0 Å². The van der Waals surface area contributed by atoms with Crippen LogP contribution in [0.15, 0.2) is 0 Å². The number of ether oxygens (including phenoxy) is 8. The second-order valence-corrected chi connectivity index (χ2v) is 11.5. The van der Waals surface area contributed by atoms with Gasteiger partial charge in [-0.3, -0.25) is 9.69 Å². The van der Waals surface area contributed by atoms with Gasteiger partial charge in [-0.1, -0.05) is 0 Å². The molecule has 0 heterocycles. The van der Waals surface area contributed by atoms with Gasteiger partial charge in [-0.25, -0.2) is 9.59 Å². The number of carboxylic acid groups (broad SMARTS) is 1. The Kier molecular flexibility index (Phi) is 24.7. The first-order chi connectivity index (χ1) is 20.8. The van der Waals surface area contributed by atoms with Gasteiger partial charge in [0, 0.05) is 32.7 Å². The van der Waals surface area contributed by atoms with E-state index in [2.05, 4.69) is 15.5 Å². The Morgan fingerprint density at radius 1 is 0.523 bits per heavy atom. The van der Waals surface area contributed by atoms with Crippen molar-refractivity contribution in [2.75, 3.05) is 112 Å². The van der Waals surface area contributed by atoms with Crippen molar-refractivity contribution < 1.29 is 57.4 Å². The Bertz CT molecular complexity index is 698. The van der Waals surface area contributed by atoms with Crippen LogP contribution in [0, 0.1) is 0 Å². The minimum absolute atomic E-state index is 0.0319. The van der Waals surface area contributed by atoms with Crippen LogP contribution in [-0.4, -0.2) is 151 Å². The Hall–Kier alpha value is -2.27. The second-order valence-electron chi connectivity index (χ2n) is 11.5. The molecule has 0 rings (SSSR count). The number of amides is 2. The fraction of sp³-hybridized carbons (Fsp3) is 0.897. The van der Waals surface area contributed by atoms with Crippen LogP contribution >= 0.6 is 0 Å². The maximum Gasteiger partial charge on any atom is 0.407 e. The minimum atomic E-state index is -0.894. The highest BCUT2D eigenvalue weighted by Gasteiger charge is 2.16. The third kappa shape index (κ3) is 32.6. The summed E-state index contributed by atoms with van der Waals surface area (Å²) in [5.74, 6) is -0.894. The molecule has 0 aromatic rings. The van der Waals surface area contributed by atoms with Gasteiger partial charge >= 0.3 is 18.2 Å². The molecule has 0 aliphatic carbocycles. The van der Waals surface area contributed by atoms with Crippen LogP contribution in [-0.2, 0) is 42.7 Å². The molecule has 15 heteroatoms. The molecule has 0 spiro atoms. The van der Waals surface area contributed by atoms with Crippen molar-refractivity contribution in [3.8, 4) is 0 Å². The van der Waals surface area contributed by atoms with E-state index in [1.807, 2.05) is 0 Å². The average molecular weight is 640 g/mol. The van der Waals surface area contributed by atoms with E-state index in [1.165, 1.54) is 0 Å². The van der Waals surface area contributed by atoms with Gasteiger partial charge in [0.15, 0.2) is 0 Å². The lowest BCUT2D eigenvalue weighted by Crippen LogP contribution is -2.35. The summed E-state index contributed by atoms with van der Waals surface area (Å²) < 4.78 is 43.5. The summed E-state index contributed by atoms with van der Waals surface area (Å²) in [4.78, 5) is 35.9. The summed E-state index contributed by atoms with van der Waals surface area (Å²) in [6.07, 6.45) is -0.983. The van der Waals surface area contributed by atoms with Crippen molar-refractivity contribution in [3.05, 3.63) is 0 Å². The molecule has 0 radical (unpaired) electrons. The van der Waals surface area contributed by atoms with Gasteiger partial charge in [0.1, 0.15) is 11.2 Å². The molecule has 0 aromatic carbocycles. The summed E-state index contributed by atoms with van der Waals surface area (Å²) in [7, 11) is 0. The summed E-state index contributed by atoms with van der Waals surface area (Å²) in [5, 5.41) is 13.9. The topological polar surface area (TPSA) is 173 Å². The van der Waals surface area contributed by atoms with E-state index >= 15 is 0 Å². The van der Waals surface area contributed by atoms with Crippen LogP contribution in [0.3, 0.4) is 0 Å². The Morgan fingerprint density at radius 3 is 1.16 bits per heavy atom. The third-order valence-electron chi connectivity index (χ3n) is 5.06. The van der Waals surface area contributed by atoms with Crippen molar-refractivity contribution >= 4 is 18.2 Å². The zero-order chi connectivity index (χ0) is 33.1. The molecule has 0 saturated carbocycles. The molecule has 260 valence electrons. The molecular formula is C29H57N3O12. The smallest absolute Gasteiger partial charge is 0.407 e. The molecule has 0 fully saturated rings. The van der Waals surface area contributed by atoms with Crippen LogP contribution in [0.25, 0.3) is 0 Å². The Balaban J connectivity index is 4.08. The maximum absolute atomic E-state index is 11.6. The summed E-state index contributed by atoms with van der Waals surface area (Å²) in [5.41, 5.74) is -1.08. The summed E-state index contributed by atoms with van der Waals surface area (Å²) in [6, 6.07) is 0. The number of carboxylic acids is 1. The number of hydrogen-bond acceptors (Lipinski definition) is 12. The summed E-state index contributed by atoms with van der Waals surface area (Å²) >= 11 is 0. The largest absolute Gasteiger partial charge is 0.481 e. The molecule has 15 nitrogen and oxygen atoms in total. The highest BCUT2D eigenvalue weighted by atomic mass is 16.6. The lowest BCUT2D eigenvalue weighted by atomic mass is 10.2. The number of nitrogens with zero attached hydrogens (tertiary/aromatic N) is 1. The van der Waals surface area contributed by atoms with Crippen molar-refractivity contribution in [2.45, 2.75) is 59.2 Å². The van der Waals surface area contributed by atoms with Gasteiger partial charge in [-0.15, -0.1) is 0 Å². The number of alkyl carbamates (subject to hydrolysis) is 2. The van der Waals surface area contributed by atoms with E-state index in [1.54, 1.807) is 41.5 Å². The van der Waals surface area contributed by atoms with E-state index in [9.17, 15) is 14.4 Å². The Morgan fingerprint density at radius 2 is 0.841 bits per heavy atom. The molecule has 44 heavy (non-hydrogen) atoms. The molecule has 0 aliphatic heterocycles. The number of rotatable bonds is 27. The van der Waals surface area contributed by atoms with Crippen LogP contribution < -0.4 is 10.6 Å². The number of nitrogens with one attached hydrogen (secondary N) is 2. The summed E-state index contributed by atoms with van der Waals surface area (Å²) in [6.45, 7) is 18.2. The average Bonchev–Trinajstić information content (AvgIpc) is 2.89. The van der Waals surface area contributed by atoms with E-state index < -0.39 is 29.4 Å². The molecule has 0 unspecified atom stereocenters. The molecule has 0 atom stereocenters. The van der Waals surface area contributed by atoms with Gasteiger partial charge in [-0.05, 0) is 41.5 Å². The first-order valence-electron chi connectivity index (χ1n) is 15.1. The lowest BCUT2D eigenvalue weighted by Gasteiger charge is -2.22. The highest BCUT2D eigenvalue weighted by Crippen LogP contribution is 2.06. The monoisotopic (exact) mass is 639 g/mol. The highest BCUT2D eigenvalue weighted by molar-refractivity contribution is 5.68. The fourth-order valence-electron chi connectivity index (χ4n) is 3.12. The normalized spacial score (nSPS) is 11.9. The van der Waals surface area contributed by atoms with Gasteiger partial charge in [0.05, 0.1) is 85.7 Å². The lowest BCUT2D eigenvalue weighted by molar-refractivity contribution is -0.138. The quantitative estimate of drug-likeness (QED) is 0.111. The van der Waals surface area contributed by atoms with Crippen molar-refractivity contribution in [2.24, 2.45) is 0 Å². The Labute approximate surface area is 262 Å². The molecule has 3 N–H and O–H groups in total. The van der Waals surface area contributed by atoms with Gasteiger partial charge < -0.3 is 53.6 Å². The van der Waals surface area contributed by atoms with Gasteiger partial charge in [0.25, 0.3) is 0 Å². The predicted octanol–water partition coefficient (Wildman–Crippen LogP) is 1.91. The molecular weight excluding hydrogens is 582 g/mol. The van der Waals surface area contributed by atoms with E-state index in [-0.39, 0.29) is 13.0 Å². The van der Waals surface area contributed by atoms with Crippen molar-refractivity contribution in [1.82, 2.24) is 15.5 Å². The number of carbonyl (C=O) groups excluding carboxylic acids is 2. The van der Waals surface area contributed by atoms with Gasteiger partial charge in [0.2, 0.25) is 0 Å². The van der Waals surface area contributed by atoms with E-state index in [4.69, 9.17) is 43.0 Å². The van der Waals surface area contributed by atoms with Crippen molar-refractivity contribution in [3.63, 3.8) is 0 Å².